The van der Waals surface area contributed by atoms with Crippen LogP contribution in [0.4, 0.5) is 4.39 Å². The summed E-state index contributed by atoms with van der Waals surface area (Å²) < 4.78 is 13.8. The van der Waals surface area contributed by atoms with E-state index in [2.05, 4.69) is 25.9 Å². The van der Waals surface area contributed by atoms with Crippen molar-refractivity contribution in [3.05, 3.63) is 58.3 Å². The van der Waals surface area contributed by atoms with E-state index in [1.165, 1.54) is 18.5 Å². The minimum atomic E-state index is -0.732. The van der Waals surface area contributed by atoms with Gasteiger partial charge in [-0.2, -0.15) is 0 Å². The summed E-state index contributed by atoms with van der Waals surface area (Å²) in [5.41, 5.74) is 1.33. The zero-order valence-electron chi connectivity index (χ0n) is 8.85. The lowest BCUT2D eigenvalue weighted by Crippen LogP contribution is -2.03. The highest BCUT2D eigenvalue weighted by molar-refractivity contribution is 9.10. The van der Waals surface area contributed by atoms with Crippen LogP contribution in [-0.2, 0) is 6.42 Å². The topological polar surface area (TPSA) is 46.0 Å². The highest BCUT2D eigenvalue weighted by Gasteiger charge is 2.10. The minimum Gasteiger partial charge on any atom is -0.388 e. The van der Waals surface area contributed by atoms with E-state index in [1.54, 1.807) is 18.5 Å². The van der Waals surface area contributed by atoms with Crippen molar-refractivity contribution in [3.8, 4) is 0 Å². The van der Waals surface area contributed by atoms with Crippen molar-refractivity contribution in [3.63, 3.8) is 0 Å². The van der Waals surface area contributed by atoms with Gasteiger partial charge in [0, 0.05) is 28.9 Å². The highest BCUT2D eigenvalue weighted by Crippen LogP contribution is 2.20. The van der Waals surface area contributed by atoms with Gasteiger partial charge in [0.2, 0.25) is 0 Å². The second-order valence-corrected chi connectivity index (χ2v) is 4.59. The molecule has 1 unspecified atom stereocenters. The van der Waals surface area contributed by atoms with Gasteiger partial charge < -0.3 is 5.11 Å². The molecule has 0 radical (unpaired) electrons. The molecule has 1 atom stereocenters. The number of aliphatic hydroxyl groups excluding tert-OH is 1. The van der Waals surface area contributed by atoms with Gasteiger partial charge in [-0.3, -0.25) is 0 Å². The van der Waals surface area contributed by atoms with Crippen LogP contribution in [0.15, 0.2) is 41.4 Å². The summed E-state index contributed by atoms with van der Waals surface area (Å²) in [7, 11) is 0. The molecular weight excluding hydrogens is 287 g/mol. The van der Waals surface area contributed by atoms with E-state index < -0.39 is 6.10 Å². The summed E-state index contributed by atoms with van der Waals surface area (Å²) in [6.07, 6.45) is 4.08. The maximum atomic E-state index is 13.1. The number of aliphatic hydroxyl groups is 1. The molecule has 0 spiro atoms. The lowest BCUT2D eigenvalue weighted by molar-refractivity contribution is 0.177. The van der Waals surface area contributed by atoms with Crippen molar-refractivity contribution < 1.29 is 9.50 Å². The Morgan fingerprint density at radius 1 is 1.24 bits per heavy atom. The largest absolute Gasteiger partial charge is 0.388 e. The molecule has 1 aromatic carbocycles. The van der Waals surface area contributed by atoms with Gasteiger partial charge in [-0.15, -0.1) is 0 Å². The summed E-state index contributed by atoms with van der Waals surface area (Å²) in [5.74, 6) is -0.328. The Balaban J connectivity index is 2.16. The van der Waals surface area contributed by atoms with E-state index >= 15 is 0 Å². The van der Waals surface area contributed by atoms with Gasteiger partial charge in [0.05, 0.1) is 6.10 Å². The molecule has 0 aliphatic carbocycles. The molecule has 1 N–H and O–H groups in total. The van der Waals surface area contributed by atoms with Crippen LogP contribution >= 0.6 is 15.9 Å². The third-order valence-corrected chi connectivity index (χ3v) is 2.77. The summed E-state index contributed by atoms with van der Waals surface area (Å²) in [6.45, 7) is 0. The van der Waals surface area contributed by atoms with Crippen molar-refractivity contribution >= 4 is 15.9 Å². The number of nitrogens with zero attached hydrogens (tertiary/aromatic N) is 2. The van der Waals surface area contributed by atoms with Crippen LogP contribution in [0.5, 0.6) is 0 Å². The first-order chi connectivity index (χ1) is 8.15. The number of hydrogen-bond donors (Lipinski definition) is 1. The van der Waals surface area contributed by atoms with Crippen LogP contribution in [-0.4, -0.2) is 15.1 Å². The molecule has 2 rings (SSSR count). The average Bonchev–Trinajstić information content (AvgIpc) is 2.28. The molecule has 0 saturated carbocycles. The van der Waals surface area contributed by atoms with E-state index in [0.29, 0.717) is 22.0 Å². The van der Waals surface area contributed by atoms with E-state index in [4.69, 9.17) is 0 Å². The summed E-state index contributed by atoms with van der Waals surface area (Å²) in [6, 6.07) is 4.55. The van der Waals surface area contributed by atoms with Crippen molar-refractivity contribution in [2.45, 2.75) is 12.5 Å². The molecule has 2 aromatic rings. The predicted molar refractivity (Wildman–Crippen MR) is 64.8 cm³/mol. The Morgan fingerprint density at radius 2 is 1.94 bits per heavy atom. The van der Waals surface area contributed by atoms with Gasteiger partial charge in [-0.05, 0) is 23.8 Å². The first kappa shape index (κ1) is 12.1. The van der Waals surface area contributed by atoms with E-state index in [0.717, 1.165) is 0 Å². The van der Waals surface area contributed by atoms with Crippen molar-refractivity contribution in [1.29, 1.82) is 0 Å². The molecule has 0 fully saturated rings. The van der Waals surface area contributed by atoms with Gasteiger partial charge in [-0.25, -0.2) is 14.4 Å². The van der Waals surface area contributed by atoms with Crippen LogP contribution in [0.3, 0.4) is 0 Å². The van der Waals surface area contributed by atoms with Crippen molar-refractivity contribution in [2.24, 2.45) is 0 Å². The third-order valence-electron chi connectivity index (χ3n) is 2.32. The van der Waals surface area contributed by atoms with Crippen LogP contribution in [0.2, 0.25) is 0 Å². The van der Waals surface area contributed by atoms with Gasteiger partial charge in [0.25, 0.3) is 0 Å². The standard InChI is InChI=1S/C12H10BrFN2O/c13-10-1-8(2-11(14)4-10)3-12(17)9-5-15-7-16-6-9/h1-2,4-7,12,17H,3H2. The second-order valence-electron chi connectivity index (χ2n) is 3.67. The lowest BCUT2D eigenvalue weighted by atomic mass is 10.0. The molecule has 0 bridgehead atoms. The molecule has 3 nitrogen and oxygen atoms in total. The maximum absolute atomic E-state index is 13.1. The van der Waals surface area contributed by atoms with E-state index in [9.17, 15) is 9.50 Å². The van der Waals surface area contributed by atoms with Gasteiger partial charge in [0.1, 0.15) is 12.1 Å². The zero-order chi connectivity index (χ0) is 12.3. The smallest absolute Gasteiger partial charge is 0.124 e. The van der Waals surface area contributed by atoms with Crippen LogP contribution in [0, 0.1) is 5.82 Å². The summed E-state index contributed by atoms with van der Waals surface area (Å²) >= 11 is 3.21. The number of aromatic nitrogens is 2. The van der Waals surface area contributed by atoms with E-state index in [-0.39, 0.29) is 5.82 Å². The summed E-state index contributed by atoms with van der Waals surface area (Å²) in [5, 5.41) is 9.94. The molecule has 1 heterocycles. The number of hydrogen-bond acceptors (Lipinski definition) is 3. The normalized spacial score (nSPS) is 12.4. The van der Waals surface area contributed by atoms with Crippen molar-refractivity contribution in [1.82, 2.24) is 9.97 Å². The number of benzene rings is 1. The van der Waals surface area contributed by atoms with Crippen LogP contribution < -0.4 is 0 Å². The average molecular weight is 297 g/mol. The summed E-state index contributed by atoms with van der Waals surface area (Å²) in [4.78, 5) is 7.66. The minimum absolute atomic E-state index is 0.323. The Kier molecular flexibility index (Phi) is 3.81. The molecule has 1 aromatic heterocycles. The SMILES string of the molecule is OC(Cc1cc(F)cc(Br)c1)c1cncnc1. The van der Waals surface area contributed by atoms with Crippen LogP contribution in [0.1, 0.15) is 17.2 Å². The Morgan fingerprint density at radius 3 is 2.59 bits per heavy atom. The van der Waals surface area contributed by atoms with Crippen molar-refractivity contribution in [2.75, 3.05) is 0 Å². The molecule has 0 aliphatic rings. The Hall–Kier alpha value is -1.33. The third kappa shape index (κ3) is 3.31. The maximum Gasteiger partial charge on any atom is 0.124 e. The monoisotopic (exact) mass is 296 g/mol. The molecule has 88 valence electrons. The molecule has 5 heteroatoms. The lowest BCUT2D eigenvalue weighted by Gasteiger charge is -2.10. The quantitative estimate of drug-likeness (QED) is 0.947. The molecule has 0 aliphatic heterocycles. The van der Waals surface area contributed by atoms with Gasteiger partial charge in [-0.1, -0.05) is 15.9 Å². The van der Waals surface area contributed by atoms with Gasteiger partial charge >= 0.3 is 0 Å². The zero-order valence-corrected chi connectivity index (χ0v) is 10.4. The highest BCUT2D eigenvalue weighted by atomic mass is 79.9. The first-order valence-corrected chi connectivity index (χ1v) is 5.82. The fraction of sp³-hybridized carbons (Fsp3) is 0.167. The van der Waals surface area contributed by atoms with E-state index in [1.807, 2.05) is 0 Å². The molecule has 17 heavy (non-hydrogen) atoms. The predicted octanol–water partition coefficient (Wildman–Crippen LogP) is 2.65. The first-order valence-electron chi connectivity index (χ1n) is 5.03. The molecule has 0 amide bonds. The van der Waals surface area contributed by atoms with Crippen LogP contribution in [0.25, 0.3) is 0 Å². The molecular formula is C12H10BrFN2O. The Labute approximate surface area is 106 Å². The Bertz CT molecular complexity index is 487. The molecule has 0 saturated heterocycles. The second kappa shape index (κ2) is 5.33. The number of halogens is 2. The van der Waals surface area contributed by atoms with Gasteiger partial charge in [0.15, 0.2) is 0 Å². The number of rotatable bonds is 3. The fourth-order valence-corrected chi connectivity index (χ4v) is 2.07. The fourth-order valence-electron chi connectivity index (χ4n) is 1.55.